The summed E-state index contributed by atoms with van der Waals surface area (Å²) in [4.78, 5) is 19.6. The van der Waals surface area contributed by atoms with E-state index in [0.29, 0.717) is 22.9 Å². The number of nitrogens with one attached hydrogen (secondary N) is 1. The molecule has 0 aliphatic carbocycles. The Hall–Kier alpha value is -3.48. The first-order chi connectivity index (χ1) is 14.7. The zero-order valence-corrected chi connectivity index (χ0v) is 17.2. The summed E-state index contributed by atoms with van der Waals surface area (Å²) in [7, 11) is 3.12. The van der Waals surface area contributed by atoms with Crippen molar-refractivity contribution in [1.29, 1.82) is 0 Å². The van der Waals surface area contributed by atoms with Gasteiger partial charge in [0, 0.05) is 24.5 Å². The van der Waals surface area contributed by atoms with Gasteiger partial charge in [-0.1, -0.05) is 12.1 Å². The Balaban J connectivity index is 1.49. The van der Waals surface area contributed by atoms with Gasteiger partial charge in [-0.2, -0.15) is 0 Å². The van der Waals surface area contributed by atoms with Gasteiger partial charge in [-0.3, -0.25) is 4.79 Å². The van der Waals surface area contributed by atoms with Gasteiger partial charge in [-0.25, -0.2) is 4.98 Å². The van der Waals surface area contributed by atoms with Gasteiger partial charge in [0.2, 0.25) is 0 Å². The summed E-state index contributed by atoms with van der Waals surface area (Å²) >= 11 is 0. The van der Waals surface area contributed by atoms with Crippen LogP contribution in [0.5, 0.6) is 17.2 Å². The number of benzene rings is 2. The number of fused-ring (bicyclic) bond motifs is 1. The third kappa shape index (κ3) is 4.25. The summed E-state index contributed by atoms with van der Waals surface area (Å²) < 4.78 is 16.4. The number of anilines is 2. The number of pyridine rings is 1. The van der Waals surface area contributed by atoms with Crippen molar-refractivity contribution in [3.8, 4) is 17.2 Å². The summed E-state index contributed by atoms with van der Waals surface area (Å²) in [6.07, 6.45) is 2.37. The molecule has 2 heterocycles. The molecule has 1 amide bonds. The van der Waals surface area contributed by atoms with E-state index in [1.54, 1.807) is 32.4 Å². The van der Waals surface area contributed by atoms with Crippen molar-refractivity contribution in [2.75, 3.05) is 44.1 Å². The first kappa shape index (κ1) is 19.8. The summed E-state index contributed by atoms with van der Waals surface area (Å²) in [6.45, 7) is 1.90. The molecule has 156 valence electrons. The van der Waals surface area contributed by atoms with E-state index < -0.39 is 0 Å². The molecule has 2 aromatic carbocycles. The van der Waals surface area contributed by atoms with Gasteiger partial charge >= 0.3 is 0 Å². The average molecular weight is 407 g/mol. The number of para-hydroxylation sites is 1. The fourth-order valence-electron chi connectivity index (χ4n) is 3.59. The fourth-order valence-corrected chi connectivity index (χ4v) is 3.59. The Morgan fingerprint density at radius 1 is 1.03 bits per heavy atom. The summed E-state index contributed by atoms with van der Waals surface area (Å²) in [5, 5.41) is 3.79. The molecule has 1 saturated heterocycles. The quantitative estimate of drug-likeness (QED) is 0.641. The monoisotopic (exact) mass is 407 g/mol. The van der Waals surface area contributed by atoms with E-state index in [4.69, 9.17) is 19.2 Å². The zero-order chi connectivity index (χ0) is 20.9. The van der Waals surface area contributed by atoms with Crippen molar-refractivity contribution in [1.82, 2.24) is 4.98 Å². The third-order valence-electron chi connectivity index (χ3n) is 5.14. The van der Waals surface area contributed by atoms with Crippen LogP contribution in [0.4, 0.5) is 11.5 Å². The van der Waals surface area contributed by atoms with E-state index in [2.05, 4.69) is 10.2 Å². The molecule has 7 nitrogen and oxygen atoms in total. The van der Waals surface area contributed by atoms with Crippen LogP contribution in [0.25, 0.3) is 10.9 Å². The highest BCUT2D eigenvalue weighted by molar-refractivity contribution is 5.94. The standard InChI is InChI=1S/C23H25N3O4/c1-28-17-9-10-19(29-2)18(14-17)24-22(27)15-30-20-7-5-6-16-8-11-21(25-23(16)20)26-12-3-4-13-26/h5-11,14H,3-4,12-13,15H2,1-2H3,(H,24,27). The Morgan fingerprint density at radius 2 is 1.87 bits per heavy atom. The van der Waals surface area contributed by atoms with Crippen LogP contribution in [0.3, 0.4) is 0 Å². The van der Waals surface area contributed by atoms with E-state index in [-0.39, 0.29) is 12.5 Å². The molecule has 0 bridgehead atoms. The van der Waals surface area contributed by atoms with E-state index >= 15 is 0 Å². The second kappa shape index (κ2) is 8.90. The first-order valence-corrected chi connectivity index (χ1v) is 9.97. The highest BCUT2D eigenvalue weighted by Crippen LogP contribution is 2.30. The number of nitrogens with zero attached hydrogens (tertiary/aromatic N) is 2. The molecule has 0 atom stereocenters. The lowest BCUT2D eigenvalue weighted by atomic mass is 10.2. The van der Waals surface area contributed by atoms with Crippen LogP contribution in [-0.4, -0.2) is 44.8 Å². The van der Waals surface area contributed by atoms with Gasteiger partial charge in [0.05, 0.1) is 19.9 Å². The van der Waals surface area contributed by atoms with Crippen molar-refractivity contribution in [3.63, 3.8) is 0 Å². The molecule has 1 fully saturated rings. The minimum Gasteiger partial charge on any atom is -0.497 e. The van der Waals surface area contributed by atoms with Gasteiger partial charge in [-0.05, 0) is 43.2 Å². The fraction of sp³-hybridized carbons (Fsp3) is 0.304. The number of hydrogen-bond acceptors (Lipinski definition) is 6. The molecule has 3 aromatic rings. The number of amides is 1. The van der Waals surface area contributed by atoms with Crippen LogP contribution in [0.2, 0.25) is 0 Å². The number of carbonyl (C=O) groups excluding carboxylic acids is 1. The van der Waals surface area contributed by atoms with Gasteiger partial charge in [0.1, 0.15) is 28.6 Å². The largest absolute Gasteiger partial charge is 0.497 e. The Morgan fingerprint density at radius 3 is 2.63 bits per heavy atom. The highest BCUT2D eigenvalue weighted by Gasteiger charge is 2.16. The molecule has 4 rings (SSSR count). The Bertz CT molecular complexity index is 1050. The SMILES string of the molecule is COc1ccc(OC)c(NC(=O)COc2cccc3ccc(N4CCCC4)nc23)c1. The van der Waals surface area contributed by atoms with Crippen LogP contribution < -0.4 is 24.4 Å². The molecule has 1 N–H and O–H groups in total. The predicted octanol–water partition coefficient (Wildman–Crippen LogP) is 3.87. The van der Waals surface area contributed by atoms with E-state index in [9.17, 15) is 4.79 Å². The lowest BCUT2D eigenvalue weighted by molar-refractivity contribution is -0.118. The van der Waals surface area contributed by atoms with Crippen LogP contribution in [0, 0.1) is 0 Å². The van der Waals surface area contributed by atoms with Gasteiger partial charge in [-0.15, -0.1) is 0 Å². The molecule has 1 aliphatic rings. The first-order valence-electron chi connectivity index (χ1n) is 9.97. The van der Waals surface area contributed by atoms with E-state index in [1.165, 1.54) is 12.8 Å². The molecule has 0 radical (unpaired) electrons. The summed E-state index contributed by atoms with van der Waals surface area (Å²) in [5.41, 5.74) is 1.28. The van der Waals surface area contributed by atoms with E-state index in [1.807, 2.05) is 30.3 Å². The number of carbonyl (C=O) groups is 1. The second-order valence-corrected chi connectivity index (χ2v) is 7.09. The topological polar surface area (TPSA) is 72.9 Å². The maximum Gasteiger partial charge on any atom is 0.262 e. The second-order valence-electron chi connectivity index (χ2n) is 7.09. The number of hydrogen-bond donors (Lipinski definition) is 1. The van der Waals surface area contributed by atoms with E-state index in [0.717, 1.165) is 29.8 Å². The van der Waals surface area contributed by atoms with Crippen molar-refractivity contribution in [3.05, 3.63) is 48.5 Å². The molecular weight excluding hydrogens is 382 g/mol. The summed E-state index contributed by atoms with van der Waals surface area (Å²) in [5.74, 6) is 2.41. The zero-order valence-electron chi connectivity index (χ0n) is 17.2. The van der Waals surface area contributed by atoms with Crippen LogP contribution in [-0.2, 0) is 4.79 Å². The number of ether oxygens (including phenoxy) is 3. The highest BCUT2D eigenvalue weighted by atomic mass is 16.5. The number of methoxy groups -OCH3 is 2. The van der Waals surface area contributed by atoms with Crippen molar-refractivity contribution in [2.24, 2.45) is 0 Å². The number of rotatable bonds is 7. The van der Waals surface area contributed by atoms with Crippen molar-refractivity contribution >= 4 is 28.3 Å². The molecule has 0 spiro atoms. The average Bonchev–Trinajstić information content (AvgIpc) is 3.32. The summed E-state index contributed by atoms with van der Waals surface area (Å²) in [6, 6.07) is 15.0. The van der Waals surface area contributed by atoms with Crippen molar-refractivity contribution < 1.29 is 19.0 Å². The molecule has 30 heavy (non-hydrogen) atoms. The van der Waals surface area contributed by atoms with Gasteiger partial charge in [0.25, 0.3) is 5.91 Å². The normalized spacial score (nSPS) is 13.3. The third-order valence-corrected chi connectivity index (χ3v) is 5.14. The molecule has 7 heteroatoms. The van der Waals surface area contributed by atoms with Crippen molar-refractivity contribution in [2.45, 2.75) is 12.8 Å². The maximum absolute atomic E-state index is 12.5. The minimum atomic E-state index is -0.297. The molecular formula is C23H25N3O4. The lowest BCUT2D eigenvalue weighted by Crippen LogP contribution is -2.21. The lowest BCUT2D eigenvalue weighted by Gasteiger charge is -2.17. The van der Waals surface area contributed by atoms with Crippen LogP contribution >= 0.6 is 0 Å². The van der Waals surface area contributed by atoms with Crippen LogP contribution in [0.15, 0.2) is 48.5 Å². The smallest absolute Gasteiger partial charge is 0.262 e. The number of aromatic nitrogens is 1. The predicted molar refractivity (Wildman–Crippen MR) is 117 cm³/mol. The maximum atomic E-state index is 12.5. The molecule has 1 aromatic heterocycles. The Kier molecular flexibility index (Phi) is 5.88. The minimum absolute atomic E-state index is 0.144. The molecule has 0 saturated carbocycles. The van der Waals surface area contributed by atoms with Crippen LogP contribution in [0.1, 0.15) is 12.8 Å². The molecule has 1 aliphatic heterocycles. The Labute approximate surface area is 175 Å². The van der Waals surface area contributed by atoms with Gasteiger partial charge < -0.3 is 24.4 Å². The molecule has 0 unspecified atom stereocenters. The van der Waals surface area contributed by atoms with Gasteiger partial charge in [0.15, 0.2) is 6.61 Å².